The molecule has 0 spiro atoms. The molecule has 1 fully saturated rings. The summed E-state index contributed by atoms with van der Waals surface area (Å²) in [6.07, 6.45) is 6.35. The first kappa shape index (κ1) is 12.4. The average molecular weight is 239 g/mol. The van der Waals surface area contributed by atoms with Gasteiger partial charge in [-0.25, -0.2) is 4.98 Å². The Balaban J connectivity index is 1.79. The Kier molecular flexibility index (Phi) is 4.82. The van der Waals surface area contributed by atoms with Crippen molar-refractivity contribution in [2.75, 3.05) is 31.7 Å². The van der Waals surface area contributed by atoms with E-state index in [0.29, 0.717) is 19.8 Å². The molecule has 96 valence electrons. The van der Waals surface area contributed by atoms with Crippen molar-refractivity contribution in [1.82, 2.24) is 9.55 Å². The Morgan fingerprint density at radius 2 is 2.47 bits per heavy atom. The second-order valence-electron chi connectivity index (χ2n) is 4.25. The molecule has 0 radical (unpaired) electrons. The maximum atomic E-state index is 5.57. The van der Waals surface area contributed by atoms with Crippen molar-refractivity contribution in [3.63, 3.8) is 0 Å². The van der Waals surface area contributed by atoms with Gasteiger partial charge in [0, 0.05) is 25.5 Å². The van der Waals surface area contributed by atoms with Crippen LogP contribution in [0.4, 0.5) is 5.95 Å². The summed E-state index contributed by atoms with van der Waals surface area (Å²) in [4.78, 5) is 4.31. The Bertz CT molecular complexity index is 321. The topological polar surface area (TPSA) is 48.3 Å². The van der Waals surface area contributed by atoms with Crippen LogP contribution in [-0.2, 0) is 16.0 Å². The Morgan fingerprint density at radius 3 is 3.24 bits per heavy atom. The minimum Gasteiger partial charge on any atom is -0.376 e. The van der Waals surface area contributed by atoms with Gasteiger partial charge in [-0.1, -0.05) is 13.3 Å². The summed E-state index contributed by atoms with van der Waals surface area (Å²) in [7, 11) is 0. The van der Waals surface area contributed by atoms with Crippen molar-refractivity contribution in [3.8, 4) is 0 Å². The predicted octanol–water partition coefficient (Wildman–Crippen LogP) is 1.51. The summed E-state index contributed by atoms with van der Waals surface area (Å²) in [6, 6.07) is 0. The molecular formula is C12H21N3O2. The summed E-state index contributed by atoms with van der Waals surface area (Å²) >= 11 is 0. The van der Waals surface area contributed by atoms with E-state index in [4.69, 9.17) is 9.47 Å². The molecule has 1 N–H and O–H groups in total. The van der Waals surface area contributed by atoms with Crippen molar-refractivity contribution in [2.45, 2.75) is 32.4 Å². The number of aromatic nitrogens is 2. The van der Waals surface area contributed by atoms with Crippen LogP contribution in [0.5, 0.6) is 0 Å². The van der Waals surface area contributed by atoms with Gasteiger partial charge in [-0.15, -0.1) is 0 Å². The van der Waals surface area contributed by atoms with Gasteiger partial charge in [-0.3, -0.25) is 0 Å². The van der Waals surface area contributed by atoms with Gasteiger partial charge < -0.3 is 19.4 Å². The van der Waals surface area contributed by atoms with Gasteiger partial charge in [0.2, 0.25) is 5.95 Å². The number of ether oxygens (including phenoxy) is 2. The maximum absolute atomic E-state index is 5.57. The fourth-order valence-electron chi connectivity index (χ4n) is 1.84. The normalized spacial score (nSPS) is 20.4. The van der Waals surface area contributed by atoms with E-state index >= 15 is 0 Å². The smallest absolute Gasteiger partial charge is 0.202 e. The van der Waals surface area contributed by atoms with E-state index in [1.165, 1.54) is 12.8 Å². The van der Waals surface area contributed by atoms with Crippen LogP contribution in [0.15, 0.2) is 12.4 Å². The van der Waals surface area contributed by atoms with Crippen LogP contribution in [0.2, 0.25) is 0 Å². The molecule has 0 aliphatic carbocycles. The van der Waals surface area contributed by atoms with Crippen molar-refractivity contribution >= 4 is 5.95 Å². The molecule has 1 saturated heterocycles. The van der Waals surface area contributed by atoms with Gasteiger partial charge in [-0.05, 0) is 6.42 Å². The average Bonchev–Trinajstić information content (AvgIpc) is 2.82. The summed E-state index contributed by atoms with van der Waals surface area (Å²) in [5.74, 6) is 0.924. The fourth-order valence-corrected chi connectivity index (χ4v) is 1.84. The van der Waals surface area contributed by atoms with Crippen LogP contribution in [0.1, 0.15) is 19.8 Å². The van der Waals surface area contributed by atoms with Gasteiger partial charge in [0.15, 0.2) is 0 Å². The quantitative estimate of drug-likeness (QED) is 0.817. The molecule has 1 aromatic heterocycles. The first-order valence-corrected chi connectivity index (χ1v) is 6.34. The minimum absolute atomic E-state index is 0.139. The molecule has 0 saturated carbocycles. The molecular weight excluding hydrogens is 218 g/mol. The number of anilines is 1. The summed E-state index contributed by atoms with van der Waals surface area (Å²) in [5, 5.41) is 3.32. The van der Waals surface area contributed by atoms with E-state index in [2.05, 4.69) is 21.8 Å². The van der Waals surface area contributed by atoms with E-state index in [1.54, 1.807) is 0 Å². The number of imidazole rings is 1. The number of nitrogens with one attached hydrogen (secondary N) is 1. The van der Waals surface area contributed by atoms with Gasteiger partial charge in [0.25, 0.3) is 0 Å². The van der Waals surface area contributed by atoms with Crippen LogP contribution < -0.4 is 5.32 Å². The second kappa shape index (κ2) is 6.61. The van der Waals surface area contributed by atoms with Gasteiger partial charge in [0.05, 0.1) is 25.9 Å². The molecule has 5 heteroatoms. The molecule has 1 unspecified atom stereocenters. The fraction of sp³-hybridized carbons (Fsp3) is 0.750. The third kappa shape index (κ3) is 3.71. The first-order valence-electron chi connectivity index (χ1n) is 6.34. The van der Waals surface area contributed by atoms with E-state index < -0.39 is 0 Å². The van der Waals surface area contributed by atoms with Crippen molar-refractivity contribution in [1.29, 1.82) is 0 Å². The number of nitrogens with zero attached hydrogens (tertiary/aromatic N) is 2. The van der Waals surface area contributed by atoms with Crippen LogP contribution in [0, 0.1) is 0 Å². The molecule has 1 aliphatic rings. The number of unbranched alkanes of at least 4 members (excludes halogenated alkanes) is 1. The molecule has 1 aliphatic heterocycles. The molecule has 1 aromatic rings. The molecule has 2 heterocycles. The summed E-state index contributed by atoms with van der Waals surface area (Å²) < 4.78 is 13.1. The van der Waals surface area contributed by atoms with Crippen LogP contribution in [-0.4, -0.2) is 42.0 Å². The minimum atomic E-state index is 0.139. The van der Waals surface area contributed by atoms with Crippen molar-refractivity contribution in [2.24, 2.45) is 0 Å². The zero-order valence-corrected chi connectivity index (χ0v) is 10.4. The Morgan fingerprint density at radius 1 is 1.53 bits per heavy atom. The number of aryl methyl sites for hydroxylation is 1. The number of rotatable bonds is 6. The van der Waals surface area contributed by atoms with E-state index in [9.17, 15) is 0 Å². The van der Waals surface area contributed by atoms with Gasteiger partial charge >= 0.3 is 0 Å². The molecule has 17 heavy (non-hydrogen) atoms. The number of hydrogen-bond acceptors (Lipinski definition) is 4. The highest BCUT2D eigenvalue weighted by molar-refractivity contribution is 5.25. The second-order valence-corrected chi connectivity index (χ2v) is 4.25. The largest absolute Gasteiger partial charge is 0.376 e. The lowest BCUT2D eigenvalue weighted by molar-refractivity contribution is -0.0819. The zero-order chi connectivity index (χ0) is 11.9. The predicted molar refractivity (Wildman–Crippen MR) is 66.2 cm³/mol. The highest BCUT2D eigenvalue weighted by Gasteiger charge is 2.14. The molecule has 0 aromatic carbocycles. The highest BCUT2D eigenvalue weighted by atomic mass is 16.6. The maximum Gasteiger partial charge on any atom is 0.202 e. The lowest BCUT2D eigenvalue weighted by Crippen LogP contribution is -2.34. The summed E-state index contributed by atoms with van der Waals surface area (Å²) in [5.41, 5.74) is 0. The Hall–Kier alpha value is -1.07. The van der Waals surface area contributed by atoms with Gasteiger partial charge in [0.1, 0.15) is 0 Å². The van der Waals surface area contributed by atoms with Crippen molar-refractivity contribution < 1.29 is 9.47 Å². The van der Waals surface area contributed by atoms with Crippen LogP contribution in [0.25, 0.3) is 0 Å². The third-order valence-electron chi connectivity index (χ3n) is 2.84. The number of hydrogen-bond donors (Lipinski definition) is 1. The summed E-state index contributed by atoms with van der Waals surface area (Å²) in [6.45, 7) is 6.03. The Labute approximate surface area is 102 Å². The van der Waals surface area contributed by atoms with Crippen LogP contribution >= 0.6 is 0 Å². The highest BCUT2D eigenvalue weighted by Crippen LogP contribution is 2.08. The third-order valence-corrected chi connectivity index (χ3v) is 2.84. The SMILES string of the molecule is CCCCn1ccnc1NCC1COCCO1. The van der Waals surface area contributed by atoms with Crippen molar-refractivity contribution in [3.05, 3.63) is 12.4 Å². The lowest BCUT2D eigenvalue weighted by Gasteiger charge is -2.23. The standard InChI is InChI=1S/C12H21N3O2/c1-2-3-5-15-6-4-13-12(15)14-9-11-10-16-7-8-17-11/h4,6,11H,2-3,5,7-10H2,1H3,(H,13,14). The monoisotopic (exact) mass is 239 g/mol. The molecule has 5 nitrogen and oxygen atoms in total. The van der Waals surface area contributed by atoms with E-state index in [-0.39, 0.29) is 6.10 Å². The van der Waals surface area contributed by atoms with E-state index in [0.717, 1.165) is 19.0 Å². The zero-order valence-electron chi connectivity index (χ0n) is 10.4. The van der Waals surface area contributed by atoms with E-state index in [1.807, 2.05) is 12.4 Å². The molecule has 0 bridgehead atoms. The first-order chi connectivity index (χ1) is 8.40. The van der Waals surface area contributed by atoms with Crippen LogP contribution in [0.3, 0.4) is 0 Å². The molecule has 2 rings (SSSR count). The van der Waals surface area contributed by atoms with Gasteiger partial charge in [-0.2, -0.15) is 0 Å². The lowest BCUT2D eigenvalue weighted by atomic mass is 10.3. The molecule has 0 amide bonds. The molecule has 1 atom stereocenters.